The van der Waals surface area contributed by atoms with Gasteiger partial charge in [0.25, 0.3) is 0 Å². The van der Waals surface area contributed by atoms with E-state index in [2.05, 4.69) is 23.2 Å². The summed E-state index contributed by atoms with van der Waals surface area (Å²) in [6.07, 6.45) is 10.3. The van der Waals surface area contributed by atoms with Crippen molar-refractivity contribution in [3.05, 3.63) is 11.6 Å². The summed E-state index contributed by atoms with van der Waals surface area (Å²) in [5.74, 6) is 1.01. The van der Waals surface area contributed by atoms with Crippen LogP contribution in [0.15, 0.2) is 16.6 Å². The zero-order valence-electron chi connectivity index (χ0n) is 15.4. The minimum absolute atomic E-state index is 0.0386. The summed E-state index contributed by atoms with van der Waals surface area (Å²) in [6.45, 7) is 7.91. The first-order valence-corrected chi connectivity index (χ1v) is 9.62. The molecule has 0 aromatic heterocycles. The Hall–Kier alpha value is -1.52. The summed E-state index contributed by atoms with van der Waals surface area (Å²) in [5.41, 5.74) is 1.57. The number of piperidine rings is 1. The molecule has 0 aromatic rings. The number of ether oxygens (including phenoxy) is 1. The highest BCUT2D eigenvalue weighted by atomic mass is 16.5. The molecule has 5 nitrogen and oxygen atoms in total. The largest absolute Gasteiger partial charge is 0.466 e. The molecule has 2 aliphatic rings. The van der Waals surface area contributed by atoms with E-state index < -0.39 is 0 Å². The quantitative estimate of drug-likeness (QED) is 0.351. The van der Waals surface area contributed by atoms with Gasteiger partial charge >= 0.3 is 5.97 Å². The Morgan fingerprint density at radius 3 is 2.75 bits per heavy atom. The molecule has 0 radical (unpaired) electrons. The molecule has 0 bridgehead atoms. The van der Waals surface area contributed by atoms with E-state index in [1.54, 1.807) is 5.57 Å². The van der Waals surface area contributed by atoms with E-state index in [0.29, 0.717) is 6.61 Å². The topological polar surface area (TPSA) is 53.9 Å². The van der Waals surface area contributed by atoms with Gasteiger partial charge in [-0.25, -0.2) is 0 Å². The van der Waals surface area contributed by atoms with Crippen molar-refractivity contribution < 1.29 is 9.53 Å². The fourth-order valence-electron chi connectivity index (χ4n) is 3.45. The van der Waals surface area contributed by atoms with Crippen molar-refractivity contribution in [3.8, 4) is 0 Å². The number of carbonyl (C=O) groups is 1. The number of nitrogens with one attached hydrogen (secondary N) is 1. The van der Waals surface area contributed by atoms with E-state index in [0.717, 1.165) is 51.4 Å². The lowest BCUT2D eigenvalue weighted by Crippen LogP contribution is -2.46. The van der Waals surface area contributed by atoms with E-state index >= 15 is 0 Å². The maximum absolute atomic E-state index is 11.9. The van der Waals surface area contributed by atoms with Gasteiger partial charge < -0.3 is 15.0 Å². The van der Waals surface area contributed by atoms with Crippen LogP contribution in [0.3, 0.4) is 0 Å². The number of allylic oxidation sites excluding steroid dienone is 1. The number of hydrogen-bond acceptors (Lipinski definition) is 3. The third kappa shape index (κ3) is 5.84. The van der Waals surface area contributed by atoms with Gasteiger partial charge in [-0.05, 0) is 58.8 Å². The van der Waals surface area contributed by atoms with Crippen molar-refractivity contribution in [1.29, 1.82) is 0 Å². The van der Waals surface area contributed by atoms with E-state index in [4.69, 9.17) is 9.73 Å². The molecule has 0 aromatic carbocycles. The zero-order chi connectivity index (χ0) is 17.2. The lowest BCUT2D eigenvalue weighted by molar-refractivity contribution is -0.149. The van der Waals surface area contributed by atoms with Crippen molar-refractivity contribution in [2.45, 2.75) is 58.8 Å². The second-order valence-corrected chi connectivity index (χ2v) is 6.61. The van der Waals surface area contributed by atoms with E-state index in [1.165, 1.54) is 25.7 Å². The summed E-state index contributed by atoms with van der Waals surface area (Å²) in [6, 6.07) is 0. The van der Waals surface area contributed by atoms with Crippen LogP contribution >= 0.6 is 0 Å². The van der Waals surface area contributed by atoms with Gasteiger partial charge in [-0.3, -0.25) is 9.79 Å². The van der Waals surface area contributed by atoms with E-state index in [9.17, 15) is 4.79 Å². The maximum Gasteiger partial charge on any atom is 0.309 e. The number of nitrogens with zero attached hydrogens (tertiary/aromatic N) is 2. The van der Waals surface area contributed by atoms with Gasteiger partial charge in [0.1, 0.15) is 0 Å². The highest BCUT2D eigenvalue weighted by molar-refractivity contribution is 5.80. The monoisotopic (exact) mass is 335 g/mol. The molecule has 0 atom stereocenters. The molecule has 1 fully saturated rings. The Balaban J connectivity index is 1.82. The van der Waals surface area contributed by atoms with Gasteiger partial charge in [0, 0.05) is 26.2 Å². The average Bonchev–Trinajstić information content (AvgIpc) is 2.62. The van der Waals surface area contributed by atoms with Crippen LogP contribution < -0.4 is 5.32 Å². The Bertz CT molecular complexity index is 452. The molecular formula is C19H33N3O2. The van der Waals surface area contributed by atoms with E-state index in [1.807, 2.05) is 6.92 Å². The minimum atomic E-state index is -0.0386. The Kier molecular flexibility index (Phi) is 8.13. The smallest absolute Gasteiger partial charge is 0.309 e. The molecule has 24 heavy (non-hydrogen) atoms. The fraction of sp³-hybridized carbons (Fsp3) is 0.789. The van der Waals surface area contributed by atoms with Gasteiger partial charge in [0.15, 0.2) is 5.96 Å². The molecule has 0 unspecified atom stereocenters. The van der Waals surface area contributed by atoms with Crippen LogP contribution in [0.1, 0.15) is 58.8 Å². The highest BCUT2D eigenvalue weighted by Gasteiger charge is 2.27. The highest BCUT2D eigenvalue weighted by Crippen LogP contribution is 2.21. The fourth-order valence-corrected chi connectivity index (χ4v) is 3.45. The third-order valence-corrected chi connectivity index (χ3v) is 4.83. The summed E-state index contributed by atoms with van der Waals surface area (Å²) >= 11 is 0. The molecule has 2 rings (SSSR count). The Labute approximate surface area is 146 Å². The molecule has 5 heteroatoms. The van der Waals surface area contributed by atoms with Crippen molar-refractivity contribution in [2.24, 2.45) is 10.9 Å². The van der Waals surface area contributed by atoms with Crippen LogP contribution in [-0.4, -0.2) is 49.6 Å². The van der Waals surface area contributed by atoms with E-state index in [-0.39, 0.29) is 11.9 Å². The molecule has 0 spiro atoms. The van der Waals surface area contributed by atoms with Gasteiger partial charge in [-0.1, -0.05) is 11.6 Å². The van der Waals surface area contributed by atoms with Gasteiger partial charge in [0.2, 0.25) is 0 Å². The summed E-state index contributed by atoms with van der Waals surface area (Å²) < 4.78 is 5.15. The Morgan fingerprint density at radius 1 is 1.33 bits per heavy atom. The molecule has 1 heterocycles. The van der Waals surface area contributed by atoms with Crippen LogP contribution in [0.25, 0.3) is 0 Å². The number of hydrogen-bond donors (Lipinski definition) is 1. The molecular weight excluding hydrogens is 302 g/mol. The maximum atomic E-state index is 11.9. The second-order valence-electron chi connectivity index (χ2n) is 6.61. The summed E-state index contributed by atoms with van der Waals surface area (Å²) in [5, 5.41) is 3.40. The summed E-state index contributed by atoms with van der Waals surface area (Å²) in [7, 11) is 0. The first-order chi connectivity index (χ1) is 11.7. The zero-order valence-corrected chi connectivity index (χ0v) is 15.4. The van der Waals surface area contributed by atoms with Crippen molar-refractivity contribution in [1.82, 2.24) is 10.2 Å². The molecule has 0 saturated carbocycles. The Morgan fingerprint density at radius 2 is 2.12 bits per heavy atom. The molecule has 136 valence electrons. The van der Waals surface area contributed by atoms with Crippen LogP contribution in [0, 0.1) is 5.92 Å². The predicted octanol–water partition coefficient (Wildman–Crippen LogP) is 3.12. The minimum Gasteiger partial charge on any atom is -0.466 e. The van der Waals surface area contributed by atoms with Gasteiger partial charge in [-0.2, -0.15) is 0 Å². The number of carbonyl (C=O) groups excluding carboxylic acids is 1. The molecule has 0 amide bonds. The first-order valence-electron chi connectivity index (χ1n) is 9.62. The predicted molar refractivity (Wildman–Crippen MR) is 98.1 cm³/mol. The van der Waals surface area contributed by atoms with Crippen molar-refractivity contribution >= 4 is 11.9 Å². The molecule has 1 N–H and O–H groups in total. The second kappa shape index (κ2) is 10.4. The third-order valence-electron chi connectivity index (χ3n) is 4.83. The first kappa shape index (κ1) is 18.8. The molecule has 1 aliphatic carbocycles. The van der Waals surface area contributed by atoms with Crippen molar-refractivity contribution in [3.63, 3.8) is 0 Å². The van der Waals surface area contributed by atoms with Gasteiger partial charge in [0.05, 0.1) is 12.5 Å². The molecule has 1 aliphatic heterocycles. The average molecular weight is 335 g/mol. The number of likely N-dealkylation sites (tertiary alicyclic amines) is 1. The number of aliphatic imine (C=N–C) groups is 1. The lowest BCUT2D eigenvalue weighted by Gasteiger charge is -2.33. The standard InChI is InChI=1S/C19H33N3O2/c1-3-20-19(21-13-10-16-8-6-5-7-9-16)22-14-11-17(12-15-22)18(23)24-4-2/h8,17H,3-7,9-15H2,1-2H3,(H,20,21). The summed E-state index contributed by atoms with van der Waals surface area (Å²) in [4.78, 5) is 19.0. The van der Waals surface area contributed by atoms with Crippen LogP contribution in [0.5, 0.6) is 0 Å². The lowest BCUT2D eigenvalue weighted by atomic mass is 9.97. The number of esters is 1. The van der Waals surface area contributed by atoms with Crippen LogP contribution in [0.4, 0.5) is 0 Å². The van der Waals surface area contributed by atoms with Crippen LogP contribution in [0.2, 0.25) is 0 Å². The van der Waals surface area contributed by atoms with Gasteiger partial charge in [-0.15, -0.1) is 0 Å². The van der Waals surface area contributed by atoms with Crippen molar-refractivity contribution in [2.75, 3.05) is 32.8 Å². The van der Waals surface area contributed by atoms with Crippen LogP contribution in [-0.2, 0) is 9.53 Å². The number of guanidine groups is 1. The normalized spacial score (nSPS) is 19.8. The number of rotatable bonds is 6. The SMILES string of the molecule is CCNC(=NCCC1=CCCCC1)N1CCC(C(=O)OCC)CC1. The molecule has 1 saturated heterocycles.